The Labute approximate surface area is 124 Å². The first-order chi connectivity index (χ1) is 9.84. The van der Waals surface area contributed by atoms with E-state index in [9.17, 15) is 22.4 Å². The summed E-state index contributed by atoms with van der Waals surface area (Å²) in [6.07, 6.45) is -2.31. The van der Waals surface area contributed by atoms with Gasteiger partial charge in [-0.2, -0.15) is 13.2 Å². The predicted molar refractivity (Wildman–Crippen MR) is 70.8 cm³/mol. The molecule has 0 N–H and O–H groups in total. The molecule has 0 spiro atoms. The second-order valence-corrected chi connectivity index (χ2v) is 5.30. The van der Waals surface area contributed by atoms with Gasteiger partial charge in [-0.3, -0.25) is 4.79 Å². The molecule has 0 aromatic heterocycles. The minimum absolute atomic E-state index is 0.187. The number of hydrogen-bond acceptors (Lipinski definition) is 1. The number of benzene rings is 1. The molecule has 1 unspecified atom stereocenters. The summed E-state index contributed by atoms with van der Waals surface area (Å²) < 4.78 is 51.8. The van der Waals surface area contributed by atoms with Crippen molar-refractivity contribution in [2.45, 2.75) is 31.5 Å². The molecule has 1 aliphatic heterocycles. The summed E-state index contributed by atoms with van der Waals surface area (Å²) in [5.41, 5.74) is -1.59. The molecule has 1 fully saturated rings. The van der Waals surface area contributed by atoms with Crippen molar-refractivity contribution in [1.29, 1.82) is 0 Å². The molecular formula is C14H14ClF4NO. The molecule has 1 aromatic carbocycles. The molecule has 0 radical (unpaired) electrons. The highest BCUT2D eigenvalue weighted by Crippen LogP contribution is 2.31. The molecule has 116 valence electrons. The fourth-order valence-corrected chi connectivity index (χ4v) is 2.77. The number of halogens is 5. The smallest absolute Gasteiger partial charge is 0.334 e. The quantitative estimate of drug-likeness (QED) is 0.593. The summed E-state index contributed by atoms with van der Waals surface area (Å²) in [7, 11) is 0. The first-order valence-electron chi connectivity index (χ1n) is 6.58. The summed E-state index contributed by atoms with van der Waals surface area (Å²) in [5.74, 6) is -1.50. The zero-order valence-corrected chi connectivity index (χ0v) is 11.8. The lowest BCUT2D eigenvalue weighted by Crippen LogP contribution is -2.45. The highest BCUT2D eigenvalue weighted by Gasteiger charge is 2.34. The fourth-order valence-electron chi connectivity index (χ4n) is 2.45. The number of alkyl halides is 4. The van der Waals surface area contributed by atoms with Crippen LogP contribution in [0.25, 0.3) is 0 Å². The monoisotopic (exact) mass is 323 g/mol. The van der Waals surface area contributed by atoms with E-state index >= 15 is 0 Å². The maximum Gasteiger partial charge on any atom is 0.416 e. The normalized spacial score (nSPS) is 19.7. The van der Waals surface area contributed by atoms with Crippen LogP contribution in [0.4, 0.5) is 17.6 Å². The third-order valence-corrected chi connectivity index (χ3v) is 3.95. The molecule has 1 aromatic rings. The van der Waals surface area contributed by atoms with E-state index in [-0.39, 0.29) is 11.9 Å². The van der Waals surface area contributed by atoms with Crippen molar-refractivity contribution in [3.63, 3.8) is 0 Å². The number of nitrogens with zero attached hydrogens (tertiary/aromatic N) is 1. The summed E-state index contributed by atoms with van der Waals surface area (Å²) >= 11 is 5.78. The molecule has 1 saturated heterocycles. The van der Waals surface area contributed by atoms with Crippen molar-refractivity contribution in [1.82, 2.24) is 4.90 Å². The van der Waals surface area contributed by atoms with Crippen molar-refractivity contribution in [2.75, 3.05) is 12.4 Å². The average Bonchev–Trinajstić information content (AvgIpc) is 2.45. The van der Waals surface area contributed by atoms with Gasteiger partial charge in [0, 0.05) is 18.5 Å². The zero-order valence-electron chi connectivity index (χ0n) is 11.1. The standard InChI is InChI=1S/C14H14ClF4NO/c15-8-10-3-1-2-6-20(10)13(21)11-7-9(14(17,18)19)4-5-12(11)16/h4-5,7,10H,1-3,6,8H2. The van der Waals surface area contributed by atoms with Crippen LogP contribution in [0.2, 0.25) is 0 Å². The van der Waals surface area contributed by atoms with Gasteiger partial charge in [0.05, 0.1) is 11.1 Å². The molecule has 2 nitrogen and oxygen atoms in total. The first-order valence-corrected chi connectivity index (χ1v) is 7.11. The highest BCUT2D eigenvalue weighted by molar-refractivity contribution is 6.18. The maximum atomic E-state index is 13.7. The largest absolute Gasteiger partial charge is 0.416 e. The molecule has 7 heteroatoms. The van der Waals surface area contributed by atoms with Gasteiger partial charge < -0.3 is 4.90 Å². The Morgan fingerprint density at radius 3 is 2.67 bits per heavy atom. The van der Waals surface area contributed by atoms with Gasteiger partial charge in [0.2, 0.25) is 0 Å². The van der Waals surface area contributed by atoms with Gasteiger partial charge in [-0.25, -0.2) is 4.39 Å². The van der Waals surface area contributed by atoms with E-state index in [0.717, 1.165) is 12.8 Å². The summed E-state index contributed by atoms with van der Waals surface area (Å²) in [6, 6.07) is 1.61. The van der Waals surface area contributed by atoms with Gasteiger partial charge in [-0.1, -0.05) is 0 Å². The molecular weight excluding hydrogens is 310 g/mol. The molecule has 0 saturated carbocycles. The van der Waals surface area contributed by atoms with Crippen LogP contribution >= 0.6 is 11.6 Å². The topological polar surface area (TPSA) is 20.3 Å². The Bertz CT molecular complexity index is 532. The van der Waals surface area contributed by atoms with Crippen molar-refractivity contribution in [3.05, 3.63) is 35.1 Å². The lowest BCUT2D eigenvalue weighted by atomic mass is 10.0. The first kappa shape index (κ1) is 16.1. The fraction of sp³-hybridized carbons (Fsp3) is 0.500. The van der Waals surface area contributed by atoms with Gasteiger partial charge in [-0.05, 0) is 37.5 Å². The number of rotatable bonds is 2. The Morgan fingerprint density at radius 2 is 2.05 bits per heavy atom. The average molecular weight is 324 g/mol. The molecule has 1 heterocycles. The number of likely N-dealkylation sites (tertiary alicyclic amines) is 1. The van der Waals surface area contributed by atoms with Crippen LogP contribution in [0, 0.1) is 5.82 Å². The van der Waals surface area contributed by atoms with Gasteiger partial charge in [-0.15, -0.1) is 11.6 Å². The molecule has 0 bridgehead atoms. The lowest BCUT2D eigenvalue weighted by molar-refractivity contribution is -0.137. The van der Waals surface area contributed by atoms with Gasteiger partial charge >= 0.3 is 6.18 Å². The minimum atomic E-state index is -4.61. The third kappa shape index (κ3) is 3.48. The van der Waals surface area contributed by atoms with E-state index in [1.165, 1.54) is 4.90 Å². The second kappa shape index (κ2) is 6.22. The van der Waals surface area contributed by atoms with E-state index < -0.39 is 29.0 Å². The van der Waals surface area contributed by atoms with E-state index in [0.29, 0.717) is 31.2 Å². The zero-order chi connectivity index (χ0) is 15.6. The number of amides is 1. The van der Waals surface area contributed by atoms with Crippen molar-refractivity contribution in [3.8, 4) is 0 Å². The van der Waals surface area contributed by atoms with Crippen LogP contribution in [0.5, 0.6) is 0 Å². The summed E-state index contributed by atoms with van der Waals surface area (Å²) in [5, 5.41) is 0. The maximum absolute atomic E-state index is 13.7. The molecule has 1 aliphatic rings. The van der Waals surface area contributed by atoms with Crippen molar-refractivity contribution >= 4 is 17.5 Å². The van der Waals surface area contributed by atoms with E-state index in [1.807, 2.05) is 0 Å². The summed E-state index contributed by atoms with van der Waals surface area (Å²) in [6.45, 7) is 0.381. The van der Waals surface area contributed by atoms with E-state index in [2.05, 4.69) is 0 Å². The third-order valence-electron chi connectivity index (χ3n) is 3.59. The summed E-state index contributed by atoms with van der Waals surface area (Å²) in [4.78, 5) is 13.7. The number of carbonyl (C=O) groups excluding carboxylic acids is 1. The molecule has 1 amide bonds. The van der Waals surface area contributed by atoms with Crippen LogP contribution in [-0.4, -0.2) is 29.3 Å². The minimum Gasteiger partial charge on any atom is -0.334 e. The predicted octanol–water partition coefficient (Wildman–Crippen LogP) is 4.08. The lowest BCUT2D eigenvalue weighted by Gasteiger charge is -2.34. The van der Waals surface area contributed by atoms with Crippen LogP contribution in [0.3, 0.4) is 0 Å². The number of piperidine rings is 1. The highest BCUT2D eigenvalue weighted by atomic mass is 35.5. The SMILES string of the molecule is O=C(c1cc(C(F)(F)F)ccc1F)N1CCCCC1CCl. The number of carbonyl (C=O) groups is 1. The van der Waals surface area contributed by atoms with E-state index in [4.69, 9.17) is 11.6 Å². The van der Waals surface area contributed by atoms with Crippen LogP contribution in [0.15, 0.2) is 18.2 Å². The van der Waals surface area contributed by atoms with Crippen molar-refractivity contribution in [2.24, 2.45) is 0 Å². The molecule has 0 aliphatic carbocycles. The number of hydrogen-bond donors (Lipinski definition) is 0. The van der Waals surface area contributed by atoms with Crippen LogP contribution in [0.1, 0.15) is 35.2 Å². The second-order valence-electron chi connectivity index (χ2n) is 4.99. The van der Waals surface area contributed by atoms with Crippen molar-refractivity contribution < 1.29 is 22.4 Å². The van der Waals surface area contributed by atoms with Gasteiger partial charge in [0.25, 0.3) is 5.91 Å². The van der Waals surface area contributed by atoms with Crippen LogP contribution in [-0.2, 0) is 6.18 Å². The van der Waals surface area contributed by atoms with Crippen LogP contribution < -0.4 is 0 Å². The Balaban J connectivity index is 2.33. The Hall–Kier alpha value is -1.30. The molecule has 2 rings (SSSR count). The van der Waals surface area contributed by atoms with Gasteiger partial charge in [0.15, 0.2) is 0 Å². The Kier molecular flexibility index (Phi) is 4.76. The molecule has 1 atom stereocenters. The van der Waals surface area contributed by atoms with E-state index in [1.54, 1.807) is 0 Å². The Morgan fingerprint density at radius 1 is 1.33 bits per heavy atom. The molecule has 21 heavy (non-hydrogen) atoms. The van der Waals surface area contributed by atoms with Gasteiger partial charge in [0.1, 0.15) is 5.82 Å².